The number of amides is 1. The smallest absolute Gasteiger partial charge is 0.355 e. The molecule has 1 amide bonds. The van der Waals surface area contributed by atoms with Crippen LogP contribution in [0.3, 0.4) is 0 Å². The van der Waals surface area contributed by atoms with Gasteiger partial charge < -0.3 is 15.6 Å². The number of rotatable bonds is 5. The molecule has 0 atom stereocenters. The molecule has 29 heavy (non-hydrogen) atoms. The molecule has 0 bridgehead atoms. The Kier molecular flexibility index (Phi) is 5.59. The molecule has 12 heteroatoms. The Morgan fingerprint density at radius 2 is 1.97 bits per heavy atom. The van der Waals surface area contributed by atoms with Crippen LogP contribution in [-0.2, 0) is 4.79 Å². The summed E-state index contributed by atoms with van der Waals surface area (Å²) in [6.07, 6.45) is -0.0625. The summed E-state index contributed by atoms with van der Waals surface area (Å²) >= 11 is 12.1. The molecule has 0 unspecified atom stereocenters. The molecule has 0 saturated heterocycles. The van der Waals surface area contributed by atoms with Crippen molar-refractivity contribution in [1.29, 1.82) is 0 Å². The first-order valence-corrected chi connectivity index (χ1v) is 9.00. The van der Waals surface area contributed by atoms with Crippen molar-refractivity contribution in [2.75, 3.05) is 11.9 Å². The fraction of sp³-hybridized carbons (Fsp3) is 0.294. The number of hydrogen-bond acceptors (Lipinski definition) is 5. The monoisotopic (exact) mass is 450 g/mol. The van der Waals surface area contributed by atoms with E-state index in [1.54, 1.807) is 12.3 Å². The molecule has 3 N–H and O–H groups in total. The van der Waals surface area contributed by atoms with Crippen LogP contribution in [-0.4, -0.2) is 44.1 Å². The van der Waals surface area contributed by atoms with E-state index in [1.807, 2.05) is 5.32 Å². The summed E-state index contributed by atoms with van der Waals surface area (Å²) in [4.78, 5) is 27.8. The van der Waals surface area contributed by atoms with Crippen molar-refractivity contribution < 1.29 is 20.8 Å². The highest BCUT2D eigenvalue weighted by Gasteiger charge is 2.33. The standard InChI is InChI=1S/C17H15Cl2F3N6O.2H2/c1-16(2,15(29)26-7-17(20,21)22)28-14-11(19)6-25-13(27-14)10-5-24-12-9(10)3-8(18)4-23-12;;/h3-6H,7H2,1-2H3,(H,23,24)(H,26,29)(H,25,27,28);2*1H. The van der Waals surface area contributed by atoms with Crippen molar-refractivity contribution in [3.8, 4) is 11.4 Å². The molecule has 0 aliphatic heterocycles. The molecule has 0 aliphatic rings. The summed E-state index contributed by atoms with van der Waals surface area (Å²) in [5, 5.41) is 5.80. The predicted molar refractivity (Wildman–Crippen MR) is 108 cm³/mol. The minimum absolute atomic E-state index is 0. The maximum Gasteiger partial charge on any atom is 0.405 e. The number of carbonyl (C=O) groups is 1. The van der Waals surface area contributed by atoms with E-state index in [9.17, 15) is 18.0 Å². The maximum atomic E-state index is 12.4. The van der Waals surface area contributed by atoms with Crippen LogP contribution >= 0.6 is 23.2 Å². The first kappa shape index (κ1) is 21.1. The maximum absolute atomic E-state index is 12.4. The molecule has 0 spiro atoms. The zero-order valence-corrected chi connectivity index (χ0v) is 16.7. The lowest BCUT2D eigenvalue weighted by atomic mass is 10.0. The van der Waals surface area contributed by atoms with Crippen molar-refractivity contribution in [2.24, 2.45) is 0 Å². The first-order chi connectivity index (χ1) is 13.5. The Bertz CT molecular complexity index is 1080. The molecule has 0 aliphatic carbocycles. The number of H-pyrrole nitrogens is 1. The van der Waals surface area contributed by atoms with E-state index in [1.165, 1.54) is 26.2 Å². The Balaban J connectivity index is 0.00000240. The molecule has 3 rings (SSSR count). The number of halogens is 5. The molecule has 7 nitrogen and oxygen atoms in total. The summed E-state index contributed by atoms with van der Waals surface area (Å²) in [6, 6.07) is 1.69. The lowest BCUT2D eigenvalue weighted by Gasteiger charge is -2.26. The molecule has 3 aromatic heterocycles. The zero-order chi connectivity index (χ0) is 21.4. The summed E-state index contributed by atoms with van der Waals surface area (Å²) in [6.45, 7) is 1.38. The van der Waals surface area contributed by atoms with E-state index in [2.05, 4.69) is 25.3 Å². The number of hydrogen-bond donors (Lipinski definition) is 3. The number of nitrogens with one attached hydrogen (secondary N) is 3. The molecular weight excluding hydrogens is 432 g/mol. The summed E-state index contributed by atoms with van der Waals surface area (Å²) in [7, 11) is 0. The molecule has 0 aromatic carbocycles. The second kappa shape index (κ2) is 7.68. The van der Waals surface area contributed by atoms with Crippen LogP contribution in [0.25, 0.3) is 22.4 Å². The fourth-order valence-corrected chi connectivity index (χ4v) is 2.80. The van der Waals surface area contributed by atoms with Crippen LogP contribution in [0.5, 0.6) is 0 Å². The van der Waals surface area contributed by atoms with Crippen molar-refractivity contribution >= 4 is 46.0 Å². The van der Waals surface area contributed by atoms with Crippen molar-refractivity contribution in [1.82, 2.24) is 25.3 Å². The number of anilines is 1. The summed E-state index contributed by atoms with van der Waals surface area (Å²) in [5.74, 6) is -0.513. The van der Waals surface area contributed by atoms with Gasteiger partial charge >= 0.3 is 6.18 Å². The number of fused-ring (bicyclic) bond motifs is 1. The molecule has 0 radical (unpaired) electrons. The summed E-state index contributed by atoms with van der Waals surface area (Å²) < 4.78 is 37.1. The van der Waals surface area contributed by atoms with Crippen molar-refractivity contribution in [3.05, 3.63) is 34.7 Å². The third-order valence-corrected chi connectivity index (χ3v) is 4.41. The Morgan fingerprint density at radius 1 is 1.24 bits per heavy atom. The molecule has 3 heterocycles. The van der Waals surface area contributed by atoms with Crippen LogP contribution in [0.15, 0.2) is 24.7 Å². The number of pyridine rings is 1. The Labute approximate surface area is 176 Å². The number of nitrogens with zero attached hydrogens (tertiary/aromatic N) is 3. The van der Waals surface area contributed by atoms with Gasteiger partial charge in [-0.15, -0.1) is 0 Å². The van der Waals surface area contributed by atoms with Gasteiger partial charge in [-0.3, -0.25) is 4.79 Å². The van der Waals surface area contributed by atoms with Crippen molar-refractivity contribution in [2.45, 2.75) is 25.6 Å². The highest BCUT2D eigenvalue weighted by atomic mass is 35.5. The minimum atomic E-state index is -4.52. The average molecular weight is 451 g/mol. The van der Waals surface area contributed by atoms with Crippen LogP contribution in [0.1, 0.15) is 16.7 Å². The molecule has 0 saturated carbocycles. The lowest BCUT2D eigenvalue weighted by molar-refractivity contribution is -0.140. The average Bonchev–Trinajstić information content (AvgIpc) is 3.03. The van der Waals surface area contributed by atoms with Gasteiger partial charge in [0.05, 0.1) is 11.2 Å². The van der Waals surface area contributed by atoms with E-state index >= 15 is 0 Å². The molecule has 158 valence electrons. The van der Waals surface area contributed by atoms with Gasteiger partial charge in [0, 0.05) is 26.2 Å². The van der Waals surface area contributed by atoms with E-state index in [-0.39, 0.29) is 19.5 Å². The quantitative estimate of drug-likeness (QED) is 0.523. The highest BCUT2D eigenvalue weighted by molar-refractivity contribution is 6.33. The Hall–Kier alpha value is -2.59. The second-order valence-electron chi connectivity index (χ2n) is 6.69. The van der Waals surface area contributed by atoms with Gasteiger partial charge in [-0.1, -0.05) is 23.2 Å². The molecule has 3 aromatic rings. The second-order valence-corrected chi connectivity index (χ2v) is 7.53. The van der Waals surface area contributed by atoms with Crippen LogP contribution in [0, 0.1) is 0 Å². The largest absolute Gasteiger partial charge is 0.405 e. The van der Waals surface area contributed by atoms with Crippen molar-refractivity contribution in [3.63, 3.8) is 0 Å². The third kappa shape index (κ3) is 4.88. The SMILES string of the molecule is CC(C)(Nc1nc(-c2c[nH]c3ncc(Cl)cc23)ncc1Cl)C(=O)NCC(F)(F)F.[HH].[HH]. The fourth-order valence-electron chi connectivity index (χ4n) is 2.50. The van der Waals surface area contributed by atoms with Gasteiger partial charge in [0.2, 0.25) is 5.91 Å². The van der Waals surface area contributed by atoms with E-state index in [4.69, 9.17) is 23.2 Å². The van der Waals surface area contributed by atoms with Crippen LogP contribution in [0.4, 0.5) is 19.0 Å². The van der Waals surface area contributed by atoms with E-state index in [0.717, 1.165) is 0 Å². The number of alkyl halides is 3. The third-order valence-electron chi connectivity index (χ3n) is 3.93. The first-order valence-electron chi connectivity index (χ1n) is 8.25. The van der Waals surface area contributed by atoms with E-state index < -0.39 is 24.2 Å². The normalized spacial score (nSPS) is 12.2. The topological polar surface area (TPSA) is 95.6 Å². The number of aromatic nitrogens is 4. The number of carbonyl (C=O) groups excluding carboxylic acids is 1. The predicted octanol–water partition coefficient (Wildman–Crippen LogP) is 4.69. The Morgan fingerprint density at radius 3 is 2.66 bits per heavy atom. The van der Waals surface area contributed by atoms with Gasteiger partial charge in [-0.05, 0) is 19.9 Å². The van der Waals surface area contributed by atoms with Gasteiger partial charge in [-0.2, -0.15) is 13.2 Å². The number of aromatic amines is 1. The zero-order valence-electron chi connectivity index (χ0n) is 15.2. The van der Waals surface area contributed by atoms with Gasteiger partial charge in [0.15, 0.2) is 5.82 Å². The highest BCUT2D eigenvalue weighted by Crippen LogP contribution is 2.30. The lowest BCUT2D eigenvalue weighted by Crippen LogP contribution is -2.50. The van der Waals surface area contributed by atoms with Gasteiger partial charge in [0.25, 0.3) is 0 Å². The van der Waals surface area contributed by atoms with E-state index in [0.29, 0.717) is 21.6 Å². The molecule has 0 fully saturated rings. The van der Waals surface area contributed by atoms with Gasteiger partial charge in [-0.25, -0.2) is 15.0 Å². The van der Waals surface area contributed by atoms with Gasteiger partial charge in [0.1, 0.15) is 28.6 Å². The van der Waals surface area contributed by atoms with Crippen LogP contribution in [0.2, 0.25) is 10.0 Å². The minimum Gasteiger partial charge on any atom is -0.355 e. The molecular formula is C17H19Cl2F3N6O. The van der Waals surface area contributed by atoms with Crippen LogP contribution < -0.4 is 10.6 Å². The summed E-state index contributed by atoms with van der Waals surface area (Å²) in [5.41, 5.74) is -0.260.